The molecule has 12 nitrogen and oxygen atoms in total. The first-order chi connectivity index (χ1) is 14.0. The molecule has 2 saturated heterocycles. The van der Waals surface area contributed by atoms with Gasteiger partial charge in [-0.25, -0.2) is 27.1 Å². The summed E-state index contributed by atoms with van der Waals surface area (Å²) in [5.74, 6) is -0.0250. The number of primary sulfonamides is 1. The van der Waals surface area contributed by atoms with Crippen molar-refractivity contribution in [3.05, 3.63) is 12.1 Å². The normalized spacial score (nSPS) is 23.4. The Morgan fingerprint density at radius 2 is 2.00 bits per heavy atom. The van der Waals surface area contributed by atoms with Gasteiger partial charge in [0.05, 0.1) is 21.3 Å². The number of anilines is 1. The zero-order chi connectivity index (χ0) is 21.7. The molecule has 1 unspecified atom stereocenters. The van der Waals surface area contributed by atoms with Gasteiger partial charge in [0.25, 0.3) is 0 Å². The smallest absolute Gasteiger partial charge is 0.240 e. The summed E-state index contributed by atoms with van der Waals surface area (Å²) >= 11 is 0. The molecule has 164 valence electrons. The Morgan fingerprint density at radius 1 is 1.27 bits per heavy atom. The molecule has 1 aromatic carbocycles. The van der Waals surface area contributed by atoms with Gasteiger partial charge in [-0.2, -0.15) is 0 Å². The highest BCUT2D eigenvalue weighted by Crippen LogP contribution is 2.41. The minimum Gasteiger partial charge on any atom is -0.388 e. The van der Waals surface area contributed by atoms with E-state index >= 15 is 0 Å². The average molecular weight is 458 g/mol. The fraction of sp³-hybridized carbons (Fsp3) is 0.562. The summed E-state index contributed by atoms with van der Waals surface area (Å²) in [5.41, 5.74) is -0.629. The number of aliphatic hydroxyl groups is 1. The number of aromatic amines is 1. The SMILES string of the molecule is CC1(O)CCCN(c2ccc(S(=O)(=O)C3CNC3)c(S(N)(=O)=O)c2-c2nnn[nH]2)C1. The number of β-amino-alcohol motifs (C(OH)–C–C–N with tert-alkyl or cyclic N) is 1. The molecule has 3 heterocycles. The molecule has 0 bridgehead atoms. The Hall–Kier alpha value is -2.13. The number of rotatable bonds is 5. The molecular formula is C16H23N7O5S2. The van der Waals surface area contributed by atoms with E-state index in [1.807, 2.05) is 0 Å². The highest BCUT2D eigenvalue weighted by Gasteiger charge is 2.40. The lowest BCUT2D eigenvalue weighted by Gasteiger charge is -2.39. The number of tetrazole rings is 1. The Bertz CT molecular complexity index is 1160. The topological polar surface area (TPSA) is 184 Å². The van der Waals surface area contributed by atoms with Crippen LogP contribution in [0.25, 0.3) is 11.4 Å². The van der Waals surface area contributed by atoms with E-state index in [0.29, 0.717) is 25.1 Å². The molecule has 4 rings (SSSR count). The van der Waals surface area contributed by atoms with Crippen LogP contribution in [-0.4, -0.2) is 79.6 Å². The number of sulfonamides is 1. The van der Waals surface area contributed by atoms with Crippen molar-refractivity contribution in [3.8, 4) is 11.4 Å². The first-order valence-corrected chi connectivity index (χ1v) is 12.5. The van der Waals surface area contributed by atoms with Crippen LogP contribution in [0, 0.1) is 0 Å². The van der Waals surface area contributed by atoms with E-state index in [2.05, 4.69) is 25.9 Å². The third-order valence-corrected chi connectivity index (χ3v) is 8.76. The second kappa shape index (κ2) is 7.23. The first kappa shape index (κ1) is 21.1. The summed E-state index contributed by atoms with van der Waals surface area (Å²) in [6.45, 7) is 2.90. The van der Waals surface area contributed by atoms with Crippen molar-refractivity contribution in [1.82, 2.24) is 25.9 Å². The number of sulfone groups is 1. The molecule has 0 radical (unpaired) electrons. The number of piperidine rings is 1. The van der Waals surface area contributed by atoms with Crippen LogP contribution in [0.4, 0.5) is 5.69 Å². The van der Waals surface area contributed by atoms with Gasteiger partial charge in [-0.3, -0.25) is 0 Å². The molecule has 2 aliphatic heterocycles. The van der Waals surface area contributed by atoms with E-state index in [1.165, 1.54) is 12.1 Å². The number of nitrogens with zero attached hydrogens (tertiary/aromatic N) is 4. The molecule has 5 N–H and O–H groups in total. The predicted molar refractivity (Wildman–Crippen MR) is 107 cm³/mol. The first-order valence-electron chi connectivity index (χ1n) is 9.36. The fourth-order valence-corrected chi connectivity index (χ4v) is 7.09. The molecule has 0 aliphatic carbocycles. The van der Waals surface area contributed by atoms with Crippen molar-refractivity contribution in [2.45, 2.75) is 40.4 Å². The number of nitrogens with one attached hydrogen (secondary N) is 2. The van der Waals surface area contributed by atoms with E-state index in [-0.39, 0.29) is 35.9 Å². The van der Waals surface area contributed by atoms with Gasteiger partial charge in [0, 0.05) is 31.9 Å². The van der Waals surface area contributed by atoms with Gasteiger partial charge in [-0.1, -0.05) is 0 Å². The highest BCUT2D eigenvalue weighted by molar-refractivity contribution is 7.94. The van der Waals surface area contributed by atoms with Crippen LogP contribution in [0.1, 0.15) is 19.8 Å². The second-order valence-corrected chi connectivity index (χ2v) is 11.6. The number of H-pyrrole nitrogens is 1. The summed E-state index contributed by atoms with van der Waals surface area (Å²) in [6, 6.07) is 2.78. The predicted octanol–water partition coefficient (Wildman–Crippen LogP) is -1.39. The summed E-state index contributed by atoms with van der Waals surface area (Å²) in [5, 5.41) is 31.5. The largest absolute Gasteiger partial charge is 0.388 e. The molecule has 30 heavy (non-hydrogen) atoms. The van der Waals surface area contributed by atoms with Gasteiger partial charge < -0.3 is 15.3 Å². The maximum Gasteiger partial charge on any atom is 0.240 e. The molecule has 2 fully saturated rings. The van der Waals surface area contributed by atoms with Crippen LogP contribution in [0.5, 0.6) is 0 Å². The maximum absolute atomic E-state index is 13.1. The van der Waals surface area contributed by atoms with Crippen molar-refractivity contribution < 1.29 is 21.9 Å². The van der Waals surface area contributed by atoms with Crippen LogP contribution >= 0.6 is 0 Å². The van der Waals surface area contributed by atoms with E-state index in [1.54, 1.807) is 11.8 Å². The van der Waals surface area contributed by atoms with Crippen LogP contribution in [-0.2, 0) is 19.9 Å². The summed E-state index contributed by atoms with van der Waals surface area (Å²) in [4.78, 5) is 0.864. The molecule has 0 spiro atoms. The Labute approximate surface area is 173 Å². The third-order valence-electron chi connectivity index (χ3n) is 5.47. The molecule has 2 aromatic rings. The van der Waals surface area contributed by atoms with Crippen LogP contribution < -0.4 is 15.4 Å². The maximum atomic E-state index is 13.1. The van der Waals surface area contributed by atoms with Crippen molar-refractivity contribution in [1.29, 1.82) is 0 Å². The average Bonchev–Trinajstić information content (AvgIpc) is 3.11. The number of hydrogen-bond donors (Lipinski definition) is 4. The lowest BCUT2D eigenvalue weighted by atomic mass is 9.94. The van der Waals surface area contributed by atoms with E-state index in [0.717, 1.165) is 0 Å². The van der Waals surface area contributed by atoms with Gasteiger partial charge in [-0.05, 0) is 42.3 Å². The molecular weight excluding hydrogens is 434 g/mol. The van der Waals surface area contributed by atoms with Gasteiger partial charge in [0.15, 0.2) is 15.7 Å². The molecule has 0 saturated carbocycles. The quantitative estimate of drug-likeness (QED) is 0.417. The number of hydrogen-bond acceptors (Lipinski definition) is 10. The summed E-state index contributed by atoms with van der Waals surface area (Å²) in [7, 11) is -8.46. The fourth-order valence-electron chi connectivity index (χ4n) is 3.90. The monoisotopic (exact) mass is 457 g/mol. The van der Waals surface area contributed by atoms with E-state index in [4.69, 9.17) is 5.14 Å². The molecule has 1 aromatic heterocycles. The minimum atomic E-state index is -4.49. The summed E-state index contributed by atoms with van der Waals surface area (Å²) in [6.07, 6.45) is 1.26. The van der Waals surface area contributed by atoms with Gasteiger partial charge in [0.2, 0.25) is 10.0 Å². The lowest BCUT2D eigenvalue weighted by Crippen LogP contribution is -2.51. The summed E-state index contributed by atoms with van der Waals surface area (Å²) < 4.78 is 51.5. The van der Waals surface area contributed by atoms with Crippen molar-refractivity contribution in [2.75, 3.05) is 31.1 Å². The molecule has 0 amide bonds. The minimum absolute atomic E-state index is 0.0199. The number of benzene rings is 1. The zero-order valence-corrected chi connectivity index (χ0v) is 17.9. The molecule has 1 atom stereocenters. The molecule has 14 heteroatoms. The van der Waals surface area contributed by atoms with Crippen molar-refractivity contribution in [2.24, 2.45) is 5.14 Å². The van der Waals surface area contributed by atoms with Gasteiger partial charge in [-0.15, -0.1) is 5.10 Å². The van der Waals surface area contributed by atoms with Crippen LogP contribution in [0.15, 0.2) is 21.9 Å². The van der Waals surface area contributed by atoms with Crippen LogP contribution in [0.3, 0.4) is 0 Å². The highest BCUT2D eigenvalue weighted by atomic mass is 32.2. The number of aromatic nitrogens is 4. The number of nitrogens with two attached hydrogens (primary N) is 1. The van der Waals surface area contributed by atoms with Crippen molar-refractivity contribution >= 4 is 25.5 Å². The second-order valence-electron chi connectivity index (χ2n) is 7.93. The van der Waals surface area contributed by atoms with Crippen LogP contribution in [0.2, 0.25) is 0 Å². The van der Waals surface area contributed by atoms with E-state index < -0.39 is 35.6 Å². The Balaban J connectivity index is 2.00. The van der Waals surface area contributed by atoms with Crippen molar-refractivity contribution in [3.63, 3.8) is 0 Å². The Kier molecular flexibility index (Phi) is 5.09. The molecule has 2 aliphatic rings. The lowest BCUT2D eigenvalue weighted by molar-refractivity contribution is 0.0449. The zero-order valence-electron chi connectivity index (χ0n) is 16.2. The Morgan fingerprint density at radius 3 is 2.53 bits per heavy atom. The third kappa shape index (κ3) is 3.69. The van der Waals surface area contributed by atoms with E-state index in [9.17, 15) is 21.9 Å². The standard InChI is InChI=1S/C16H23N7O5S2/c1-16(24)5-2-6-23(9-16)11-3-4-12(29(25,26)10-7-18-8-10)14(30(17,27)28)13(11)15-19-21-22-20-15/h3-4,10,18,24H,2,5-9H2,1H3,(H2,17,27,28)(H,19,20,21,22). The van der Waals surface area contributed by atoms with Gasteiger partial charge >= 0.3 is 0 Å². The van der Waals surface area contributed by atoms with Gasteiger partial charge in [0.1, 0.15) is 4.90 Å².